The number of benzene rings is 1. The molecule has 0 aliphatic rings. The number of carbonyl (C=O) groups is 2. The number of amides is 1. The van der Waals surface area contributed by atoms with Crippen molar-refractivity contribution in [1.82, 2.24) is 9.88 Å². The van der Waals surface area contributed by atoms with Gasteiger partial charge in [-0.25, -0.2) is 4.79 Å². The van der Waals surface area contributed by atoms with Gasteiger partial charge in [0.2, 0.25) is 0 Å². The number of fused-ring (bicyclic) bond motifs is 1. The lowest BCUT2D eigenvalue weighted by Crippen LogP contribution is -2.40. The normalized spacial score (nSPS) is 12.4. The van der Waals surface area contributed by atoms with Crippen molar-refractivity contribution in [2.24, 2.45) is 0 Å². The number of hydrogen-bond acceptors (Lipinski definition) is 2. The summed E-state index contributed by atoms with van der Waals surface area (Å²) in [7, 11) is 1.49. The minimum atomic E-state index is -1.02. The molecule has 0 aliphatic carbocycles. The first kappa shape index (κ1) is 13.1. The van der Waals surface area contributed by atoms with Gasteiger partial charge in [-0.3, -0.25) is 4.79 Å². The number of likely N-dealkylation sites (N-methyl/N-ethyl adjacent to an activating group) is 1. The number of para-hydroxylation sites is 1. The second-order valence-corrected chi connectivity index (χ2v) is 4.65. The molecule has 1 atom stereocenters. The average molecular weight is 260 g/mol. The summed E-state index contributed by atoms with van der Waals surface area (Å²) in [6, 6.07) is 6.67. The Morgan fingerprint density at radius 3 is 2.63 bits per heavy atom. The van der Waals surface area contributed by atoms with E-state index in [1.807, 2.05) is 25.1 Å². The highest BCUT2D eigenvalue weighted by molar-refractivity contribution is 5.99. The number of rotatable bonds is 3. The fraction of sp³-hybridized carbons (Fsp3) is 0.286. The number of aromatic nitrogens is 1. The zero-order chi connectivity index (χ0) is 14.2. The third kappa shape index (κ3) is 2.31. The number of carbonyl (C=O) groups excluding carboxylic acids is 1. The lowest BCUT2D eigenvalue weighted by atomic mass is 10.2. The van der Waals surface area contributed by atoms with Crippen molar-refractivity contribution >= 4 is 22.8 Å². The van der Waals surface area contributed by atoms with Crippen molar-refractivity contribution in [1.29, 1.82) is 0 Å². The maximum absolute atomic E-state index is 12.2. The molecule has 1 aromatic heterocycles. The van der Waals surface area contributed by atoms with Crippen LogP contribution in [0.25, 0.3) is 10.9 Å². The molecule has 0 saturated heterocycles. The highest BCUT2D eigenvalue weighted by Crippen LogP contribution is 2.20. The zero-order valence-corrected chi connectivity index (χ0v) is 11.1. The van der Waals surface area contributed by atoms with Crippen LogP contribution in [0.15, 0.2) is 24.3 Å². The van der Waals surface area contributed by atoms with Gasteiger partial charge in [-0.2, -0.15) is 0 Å². The highest BCUT2D eigenvalue weighted by atomic mass is 16.4. The Labute approximate surface area is 110 Å². The van der Waals surface area contributed by atoms with E-state index in [9.17, 15) is 9.59 Å². The fourth-order valence-corrected chi connectivity index (χ4v) is 1.95. The van der Waals surface area contributed by atoms with Crippen LogP contribution in [0.2, 0.25) is 0 Å². The lowest BCUT2D eigenvalue weighted by molar-refractivity contribution is -0.141. The third-order valence-corrected chi connectivity index (χ3v) is 3.35. The van der Waals surface area contributed by atoms with Crippen molar-refractivity contribution in [2.75, 3.05) is 7.05 Å². The molecule has 1 heterocycles. The maximum Gasteiger partial charge on any atom is 0.326 e. The van der Waals surface area contributed by atoms with Crippen molar-refractivity contribution in [3.8, 4) is 0 Å². The van der Waals surface area contributed by atoms with Crippen LogP contribution in [0.5, 0.6) is 0 Å². The predicted octanol–water partition coefficient (Wildman–Crippen LogP) is 2.02. The molecule has 0 spiro atoms. The van der Waals surface area contributed by atoms with Gasteiger partial charge in [0.15, 0.2) is 0 Å². The summed E-state index contributed by atoms with van der Waals surface area (Å²) in [5, 5.41) is 9.87. The van der Waals surface area contributed by atoms with Gasteiger partial charge in [0.25, 0.3) is 5.91 Å². The Morgan fingerprint density at radius 1 is 1.37 bits per heavy atom. The smallest absolute Gasteiger partial charge is 0.326 e. The number of nitrogens with zero attached hydrogens (tertiary/aromatic N) is 1. The summed E-state index contributed by atoms with van der Waals surface area (Å²) >= 11 is 0. The maximum atomic E-state index is 12.2. The van der Waals surface area contributed by atoms with Crippen LogP contribution >= 0.6 is 0 Å². The van der Waals surface area contributed by atoms with Crippen LogP contribution in [0.1, 0.15) is 23.0 Å². The topological polar surface area (TPSA) is 73.4 Å². The molecule has 1 amide bonds. The molecule has 19 heavy (non-hydrogen) atoms. The molecule has 0 aliphatic heterocycles. The molecule has 0 radical (unpaired) electrons. The van der Waals surface area contributed by atoms with Crippen LogP contribution in [0.4, 0.5) is 0 Å². The Hall–Kier alpha value is -2.30. The molecule has 1 aromatic carbocycles. The van der Waals surface area contributed by atoms with E-state index in [1.54, 1.807) is 6.07 Å². The van der Waals surface area contributed by atoms with Gasteiger partial charge in [0.05, 0.1) is 0 Å². The lowest BCUT2D eigenvalue weighted by Gasteiger charge is -2.20. The SMILES string of the molecule is Cc1cccc2cc(C(=O)N(C)C(C)C(=O)O)[nH]c12. The summed E-state index contributed by atoms with van der Waals surface area (Å²) in [6.45, 7) is 3.44. The molecule has 5 nitrogen and oxygen atoms in total. The second kappa shape index (κ2) is 4.76. The number of hydrogen-bond donors (Lipinski definition) is 2. The molecule has 0 bridgehead atoms. The number of carboxylic acid groups (broad SMARTS) is 1. The predicted molar refractivity (Wildman–Crippen MR) is 72.2 cm³/mol. The van der Waals surface area contributed by atoms with Crippen LogP contribution in [0, 0.1) is 6.92 Å². The van der Waals surface area contributed by atoms with E-state index in [-0.39, 0.29) is 5.91 Å². The van der Waals surface area contributed by atoms with E-state index in [2.05, 4.69) is 4.98 Å². The summed E-state index contributed by atoms with van der Waals surface area (Å²) in [5.74, 6) is -1.35. The summed E-state index contributed by atoms with van der Waals surface area (Å²) in [6.07, 6.45) is 0. The average Bonchev–Trinajstić information content (AvgIpc) is 2.81. The first-order valence-electron chi connectivity index (χ1n) is 6.00. The second-order valence-electron chi connectivity index (χ2n) is 4.65. The number of carboxylic acids is 1. The van der Waals surface area contributed by atoms with Gasteiger partial charge in [0.1, 0.15) is 11.7 Å². The van der Waals surface area contributed by atoms with E-state index in [0.717, 1.165) is 16.5 Å². The summed E-state index contributed by atoms with van der Waals surface area (Å²) < 4.78 is 0. The standard InChI is InChI=1S/C14H16N2O3/c1-8-5-4-6-10-7-11(15-12(8)10)13(17)16(3)9(2)14(18)19/h4-7,9,15H,1-3H3,(H,18,19). The van der Waals surface area contributed by atoms with Gasteiger partial charge in [-0.1, -0.05) is 18.2 Å². The van der Waals surface area contributed by atoms with Crippen LogP contribution in [0.3, 0.4) is 0 Å². The van der Waals surface area contributed by atoms with Crippen LogP contribution in [-0.4, -0.2) is 40.0 Å². The zero-order valence-electron chi connectivity index (χ0n) is 11.1. The van der Waals surface area contributed by atoms with Gasteiger partial charge in [-0.15, -0.1) is 0 Å². The fourth-order valence-electron chi connectivity index (χ4n) is 1.95. The quantitative estimate of drug-likeness (QED) is 0.886. The largest absolute Gasteiger partial charge is 0.480 e. The minimum absolute atomic E-state index is 0.328. The van der Waals surface area contributed by atoms with Crippen molar-refractivity contribution < 1.29 is 14.7 Å². The van der Waals surface area contributed by atoms with Crippen molar-refractivity contribution in [2.45, 2.75) is 19.9 Å². The van der Waals surface area contributed by atoms with E-state index < -0.39 is 12.0 Å². The molecule has 100 valence electrons. The van der Waals surface area contributed by atoms with Gasteiger partial charge >= 0.3 is 5.97 Å². The Balaban J connectivity index is 2.37. The summed E-state index contributed by atoms with van der Waals surface area (Å²) in [5.41, 5.74) is 2.35. The molecule has 0 saturated carbocycles. The Bertz CT molecular complexity index is 645. The highest BCUT2D eigenvalue weighted by Gasteiger charge is 2.23. The molecule has 2 rings (SSSR count). The monoisotopic (exact) mass is 260 g/mol. The third-order valence-electron chi connectivity index (χ3n) is 3.35. The van der Waals surface area contributed by atoms with E-state index in [1.165, 1.54) is 18.9 Å². The minimum Gasteiger partial charge on any atom is -0.480 e. The van der Waals surface area contributed by atoms with Crippen LogP contribution < -0.4 is 0 Å². The van der Waals surface area contributed by atoms with Crippen molar-refractivity contribution in [3.63, 3.8) is 0 Å². The molecule has 0 fully saturated rings. The molecule has 2 N–H and O–H groups in total. The number of H-pyrrole nitrogens is 1. The number of aryl methyl sites for hydroxylation is 1. The van der Waals surface area contributed by atoms with Gasteiger partial charge < -0.3 is 15.0 Å². The number of aliphatic carboxylic acids is 1. The Kier molecular flexibility index (Phi) is 3.29. The first-order chi connectivity index (χ1) is 8.91. The van der Waals surface area contributed by atoms with E-state index in [0.29, 0.717) is 5.69 Å². The first-order valence-corrected chi connectivity index (χ1v) is 6.00. The van der Waals surface area contributed by atoms with Gasteiger partial charge in [-0.05, 0) is 25.5 Å². The number of aromatic amines is 1. The molecule has 2 aromatic rings. The van der Waals surface area contributed by atoms with Crippen LogP contribution in [-0.2, 0) is 4.79 Å². The summed E-state index contributed by atoms with van der Waals surface area (Å²) in [4.78, 5) is 27.4. The van der Waals surface area contributed by atoms with Crippen molar-refractivity contribution in [3.05, 3.63) is 35.5 Å². The number of nitrogens with one attached hydrogen (secondary N) is 1. The molecule has 5 heteroatoms. The Morgan fingerprint density at radius 2 is 2.05 bits per heavy atom. The van der Waals surface area contributed by atoms with Gasteiger partial charge in [0, 0.05) is 18.0 Å². The molecular weight excluding hydrogens is 244 g/mol. The molecular formula is C14H16N2O3. The van der Waals surface area contributed by atoms with E-state index in [4.69, 9.17) is 5.11 Å². The van der Waals surface area contributed by atoms with E-state index >= 15 is 0 Å². The molecule has 1 unspecified atom stereocenters.